The molecule has 0 spiro atoms. The smallest absolute Gasteiger partial charge is 0.350 e. The van der Waals surface area contributed by atoms with Crippen LogP contribution in [0.5, 0.6) is 0 Å². The SMILES string of the molecule is COCCC1(CNc2cc(N)c(C(=O)OC)s2)CC1. The summed E-state index contributed by atoms with van der Waals surface area (Å²) >= 11 is 1.34. The number of methoxy groups -OCH3 is 2. The lowest BCUT2D eigenvalue weighted by Crippen LogP contribution is -2.16. The molecular formula is C13H20N2O3S. The topological polar surface area (TPSA) is 73.6 Å². The standard InChI is InChI=1S/C13H20N2O3S/c1-17-6-5-13(3-4-13)8-15-10-7-9(14)11(19-10)12(16)18-2/h7,15H,3-6,8,14H2,1-2H3. The fraction of sp³-hybridized carbons (Fsp3) is 0.615. The predicted octanol–water partition coefficient (Wildman–Crippen LogP) is 2.35. The average molecular weight is 284 g/mol. The van der Waals surface area contributed by atoms with E-state index in [2.05, 4.69) is 10.1 Å². The Hall–Kier alpha value is -1.27. The van der Waals surface area contributed by atoms with Crippen LogP contribution in [0.4, 0.5) is 10.7 Å². The molecule has 0 amide bonds. The minimum Gasteiger partial charge on any atom is -0.465 e. The van der Waals surface area contributed by atoms with Crippen LogP contribution in [0.15, 0.2) is 6.07 Å². The van der Waals surface area contributed by atoms with E-state index in [1.54, 1.807) is 13.2 Å². The zero-order chi connectivity index (χ0) is 13.9. The Morgan fingerprint density at radius 1 is 1.53 bits per heavy atom. The van der Waals surface area contributed by atoms with Crippen LogP contribution in [0.1, 0.15) is 28.9 Å². The largest absolute Gasteiger partial charge is 0.465 e. The van der Waals surface area contributed by atoms with Gasteiger partial charge < -0.3 is 20.5 Å². The summed E-state index contributed by atoms with van der Waals surface area (Å²) in [5.41, 5.74) is 6.64. The summed E-state index contributed by atoms with van der Waals surface area (Å²) < 4.78 is 9.82. The maximum atomic E-state index is 11.5. The molecule has 1 aromatic heterocycles. The molecule has 1 aliphatic rings. The van der Waals surface area contributed by atoms with Crippen molar-refractivity contribution in [2.24, 2.45) is 5.41 Å². The second kappa shape index (κ2) is 5.79. The van der Waals surface area contributed by atoms with Gasteiger partial charge in [0.25, 0.3) is 0 Å². The lowest BCUT2D eigenvalue weighted by atomic mass is 10.0. The van der Waals surface area contributed by atoms with Crippen molar-refractivity contribution in [3.63, 3.8) is 0 Å². The fourth-order valence-electron chi connectivity index (χ4n) is 2.03. The highest BCUT2D eigenvalue weighted by Crippen LogP contribution is 2.49. The number of nitrogens with one attached hydrogen (secondary N) is 1. The second-order valence-electron chi connectivity index (χ2n) is 4.98. The molecule has 1 heterocycles. The Labute approximate surface area is 117 Å². The van der Waals surface area contributed by atoms with Crippen molar-refractivity contribution < 1.29 is 14.3 Å². The van der Waals surface area contributed by atoms with Gasteiger partial charge in [-0.15, -0.1) is 11.3 Å². The average Bonchev–Trinajstić information content (AvgIpc) is 3.09. The van der Waals surface area contributed by atoms with E-state index >= 15 is 0 Å². The van der Waals surface area contributed by atoms with Crippen LogP contribution in [-0.4, -0.2) is 33.3 Å². The van der Waals surface area contributed by atoms with Crippen LogP contribution in [0.2, 0.25) is 0 Å². The van der Waals surface area contributed by atoms with E-state index in [1.807, 2.05) is 0 Å². The first-order valence-electron chi connectivity index (χ1n) is 6.31. The molecule has 0 bridgehead atoms. The lowest BCUT2D eigenvalue weighted by Gasteiger charge is -2.15. The number of anilines is 2. The molecule has 0 aliphatic heterocycles. The number of carbonyl (C=O) groups is 1. The number of esters is 1. The van der Waals surface area contributed by atoms with E-state index < -0.39 is 0 Å². The highest BCUT2D eigenvalue weighted by atomic mass is 32.1. The summed E-state index contributed by atoms with van der Waals surface area (Å²) in [5, 5.41) is 4.29. The number of thiophene rings is 1. The van der Waals surface area contributed by atoms with Gasteiger partial charge in [-0.25, -0.2) is 4.79 Å². The summed E-state index contributed by atoms with van der Waals surface area (Å²) in [5.74, 6) is -0.379. The fourth-order valence-corrected chi connectivity index (χ4v) is 2.92. The van der Waals surface area contributed by atoms with Gasteiger partial charge in [-0.2, -0.15) is 0 Å². The third-order valence-electron chi connectivity index (χ3n) is 3.56. The van der Waals surface area contributed by atoms with E-state index in [0.29, 0.717) is 16.0 Å². The molecule has 1 fully saturated rings. The van der Waals surface area contributed by atoms with Crippen molar-refractivity contribution in [3.8, 4) is 0 Å². The lowest BCUT2D eigenvalue weighted by molar-refractivity contribution is 0.0607. The van der Waals surface area contributed by atoms with E-state index in [4.69, 9.17) is 10.5 Å². The molecule has 0 atom stereocenters. The van der Waals surface area contributed by atoms with E-state index in [-0.39, 0.29) is 5.97 Å². The number of rotatable bonds is 7. The van der Waals surface area contributed by atoms with Crippen molar-refractivity contribution >= 4 is 28.0 Å². The summed E-state index contributed by atoms with van der Waals surface area (Å²) in [6, 6.07) is 1.79. The molecule has 19 heavy (non-hydrogen) atoms. The minimum absolute atomic E-state index is 0.361. The van der Waals surface area contributed by atoms with E-state index in [9.17, 15) is 4.79 Å². The molecule has 6 heteroatoms. The molecule has 0 saturated heterocycles. The van der Waals surface area contributed by atoms with Gasteiger partial charge in [0, 0.05) is 20.3 Å². The van der Waals surface area contributed by atoms with Gasteiger partial charge in [-0.05, 0) is 30.7 Å². The third-order valence-corrected chi connectivity index (χ3v) is 4.65. The first-order chi connectivity index (χ1) is 9.10. The van der Waals surface area contributed by atoms with Gasteiger partial charge in [0.2, 0.25) is 0 Å². The highest BCUT2D eigenvalue weighted by Gasteiger charge is 2.41. The number of nitrogen functional groups attached to an aromatic ring is 1. The summed E-state index contributed by atoms with van der Waals surface area (Å²) in [4.78, 5) is 11.9. The molecule has 1 aliphatic carbocycles. The van der Waals surface area contributed by atoms with Crippen LogP contribution in [0, 0.1) is 5.41 Å². The zero-order valence-electron chi connectivity index (χ0n) is 11.3. The van der Waals surface area contributed by atoms with Gasteiger partial charge in [-0.3, -0.25) is 0 Å². The summed E-state index contributed by atoms with van der Waals surface area (Å²) in [7, 11) is 3.09. The van der Waals surface area contributed by atoms with Crippen molar-refractivity contribution in [2.75, 3.05) is 38.4 Å². The summed E-state index contributed by atoms with van der Waals surface area (Å²) in [6.45, 7) is 1.69. The maximum Gasteiger partial charge on any atom is 0.350 e. The monoisotopic (exact) mass is 284 g/mol. The quantitative estimate of drug-likeness (QED) is 0.752. The van der Waals surface area contributed by atoms with E-state index in [1.165, 1.54) is 31.3 Å². The molecule has 0 unspecified atom stereocenters. The Morgan fingerprint density at radius 2 is 2.26 bits per heavy atom. The van der Waals surface area contributed by atoms with E-state index in [0.717, 1.165) is 24.6 Å². The van der Waals surface area contributed by atoms with Crippen molar-refractivity contribution in [3.05, 3.63) is 10.9 Å². The Morgan fingerprint density at radius 3 is 2.84 bits per heavy atom. The van der Waals surface area contributed by atoms with Gasteiger partial charge in [0.05, 0.1) is 17.8 Å². The first kappa shape index (κ1) is 14.1. The number of carbonyl (C=O) groups excluding carboxylic acids is 1. The summed E-state index contributed by atoms with van der Waals surface area (Å²) in [6.07, 6.45) is 3.53. The van der Waals surface area contributed by atoms with Crippen molar-refractivity contribution in [1.82, 2.24) is 0 Å². The number of ether oxygens (including phenoxy) is 2. The minimum atomic E-state index is -0.379. The molecule has 106 valence electrons. The molecule has 1 aromatic rings. The highest BCUT2D eigenvalue weighted by molar-refractivity contribution is 7.18. The Balaban J connectivity index is 1.92. The van der Waals surface area contributed by atoms with Crippen molar-refractivity contribution in [1.29, 1.82) is 0 Å². The normalized spacial score (nSPS) is 16.1. The number of hydrogen-bond acceptors (Lipinski definition) is 6. The molecule has 0 aromatic carbocycles. The Kier molecular flexibility index (Phi) is 4.31. The maximum absolute atomic E-state index is 11.5. The van der Waals surface area contributed by atoms with Crippen LogP contribution in [-0.2, 0) is 9.47 Å². The third kappa shape index (κ3) is 3.39. The molecule has 2 rings (SSSR count). The van der Waals surface area contributed by atoms with Gasteiger partial charge in [0.1, 0.15) is 4.88 Å². The Bertz CT molecular complexity index is 455. The molecule has 1 saturated carbocycles. The molecule has 0 radical (unpaired) electrons. The molecule has 3 N–H and O–H groups in total. The second-order valence-corrected chi connectivity index (χ2v) is 6.04. The van der Waals surface area contributed by atoms with Crippen molar-refractivity contribution in [2.45, 2.75) is 19.3 Å². The zero-order valence-corrected chi connectivity index (χ0v) is 12.1. The van der Waals surface area contributed by atoms with Crippen LogP contribution < -0.4 is 11.1 Å². The molecular weight excluding hydrogens is 264 g/mol. The number of hydrogen-bond donors (Lipinski definition) is 2. The van der Waals surface area contributed by atoms with Gasteiger partial charge >= 0.3 is 5.97 Å². The number of nitrogens with two attached hydrogens (primary N) is 1. The van der Waals surface area contributed by atoms with Crippen LogP contribution in [0.25, 0.3) is 0 Å². The van der Waals surface area contributed by atoms with Gasteiger partial charge in [0.15, 0.2) is 0 Å². The van der Waals surface area contributed by atoms with Crippen LogP contribution in [0.3, 0.4) is 0 Å². The van der Waals surface area contributed by atoms with Crippen LogP contribution >= 0.6 is 11.3 Å². The predicted molar refractivity (Wildman–Crippen MR) is 76.7 cm³/mol. The van der Waals surface area contributed by atoms with Gasteiger partial charge in [-0.1, -0.05) is 0 Å². The first-order valence-corrected chi connectivity index (χ1v) is 7.12. The molecule has 5 nitrogen and oxygen atoms in total.